The molecule has 0 N–H and O–H groups in total. The van der Waals surface area contributed by atoms with Gasteiger partial charge in [0.05, 0.1) is 35.3 Å². The molecular weight excluding hydrogens is 482 g/mol. The number of fused-ring (bicyclic) bond motifs is 1. The predicted octanol–water partition coefficient (Wildman–Crippen LogP) is 3.06. The summed E-state index contributed by atoms with van der Waals surface area (Å²) in [6.07, 6.45) is 0. The third-order valence-electron chi connectivity index (χ3n) is 6.40. The van der Waals surface area contributed by atoms with Gasteiger partial charge in [0.1, 0.15) is 12.5 Å². The Morgan fingerprint density at radius 3 is 2.22 bits per heavy atom. The van der Waals surface area contributed by atoms with E-state index in [0.29, 0.717) is 5.71 Å². The van der Waals surface area contributed by atoms with Crippen LogP contribution >= 0.6 is 0 Å². The average molecular weight is 505 g/mol. The number of nitro benzene ring substituents is 1. The van der Waals surface area contributed by atoms with E-state index >= 15 is 0 Å². The third kappa shape index (κ3) is 4.51. The van der Waals surface area contributed by atoms with E-state index < -0.39 is 40.5 Å². The quantitative estimate of drug-likeness (QED) is 0.242. The van der Waals surface area contributed by atoms with Crippen molar-refractivity contribution in [2.24, 2.45) is 10.9 Å². The van der Waals surface area contributed by atoms with E-state index in [1.54, 1.807) is 44.2 Å². The maximum absolute atomic E-state index is 13.3. The van der Waals surface area contributed by atoms with Gasteiger partial charge < -0.3 is 9.47 Å². The third-order valence-corrected chi connectivity index (χ3v) is 6.40. The Hall–Kier alpha value is -4.67. The van der Waals surface area contributed by atoms with Crippen LogP contribution in [0.4, 0.5) is 5.69 Å². The van der Waals surface area contributed by atoms with Crippen LogP contribution in [0.15, 0.2) is 64.8 Å². The Morgan fingerprint density at radius 1 is 1.03 bits per heavy atom. The Bertz CT molecular complexity index is 1360. The Labute approximate surface area is 211 Å². The number of allylic oxidation sites excluding steroid dienone is 1. The summed E-state index contributed by atoms with van der Waals surface area (Å²) in [4.78, 5) is 67.8. The van der Waals surface area contributed by atoms with Crippen LogP contribution in [0.25, 0.3) is 0 Å². The van der Waals surface area contributed by atoms with Crippen molar-refractivity contribution >= 4 is 35.2 Å². The lowest BCUT2D eigenvalue weighted by molar-refractivity contribution is -0.385. The summed E-state index contributed by atoms with van der Waals surface area (Å²) in [5.41, 5.74) is 0.905. The summed E-state index contributed by atoms with van der Waals surface area (Å²) < 4.78 is 10.4. The van der Waals surface area contributed by atoms with Crippen molar-refractivity contribution in [3.8, 4) is 0 Å². The van der Waals surface area contributed by atoms with Crippen molar-refractivity contribution in [1.82, 2.24) is 4.90 Å². The molecule has 0 saturated heterocycles. The van der Waals surface area contributed by atoms with Gasteiger partial charge >= 0.3 is 11.9 Å². The summed E-state index contributed by atoms with van der Waals surface area (Å²) in [5.74, 6) is -4.77. The van der Waals surface area contributed by atoms with Crippen LogP contribution in [0.1, 0.15) is 46.0 Å². The highest BCUT2D eigenvalue weighted by atomic mass is 16.6. The summed E-state index contributed by atoms with van der Waals surface area (Å²) in [5, 5.41) is 11.8. The monoisotopic (exact) mass is 505 g/mol. The number of nitrogens with zero attached hydrogens (tertiary/aromatic N) is 3. The van der Waals surface area contributed by atoms with Gasteiger partial charge in [-0.05, 0) is 26.0 Å². The van der Waals surface area contributed by atoms with Gasteiger partial charge in [0.25, 0.3) is 17.5 Å². The number of aliphatic imine (C=N–C) groups is 1. The van der Waals surface area contributed by atoms with Crippen LogP contribution in [-0.4, -0.2) is 59.5 Å². The molecule has 2 aliphatic rings. The average Bonchev–Trinajstić information content (AvgIpc) is 3.12. The van der Waals surface area contributed by atoms with Gasteiger partial charge in [-0.2, -0.15) is 0 Å². The first kappa shape index (κ1) is 25.4. The second kappa shape index (κ2) is 10.1. The molecule has 0 saturated carbocycles. The number of hydrogen-bond donors (Lipinski definition) is 0. The number of carbonyl (C=O) groups excluding carboxylic acids is 4. The first-order valence-corrected chi connectivity index (χ1v) is 11.4. The highest BCUT2D eigenvalue weighted by molar-refractivity contribution is 6.21. The van der Waals surface area contributed by atoms with Gasteiger partial charge in [-0.15, -0.1) is 0 Å². The minimum absolute atomic E-state index is 0.0438. The van der Waals surface area contributed by atoms with Crippen molar-refractivity contribution < 1.29 is 33.6 Å². The number of methoxy groups -OCH3 is 1. The first-order chi connectivity index (χ1) is 17.7. The summed E-state index contributed by atoms with van der Waals surface area (Å²) in [6.45, 7) is 2.61. The molecule has 2 aromatic carbocycles. The zero-order valence-corrected chi connectivity index (χ0v) is 20.3. The number of imide groups is 1. The summed E-state index contributed by atoms with van der Waals surface area (Å²) >= 11 is 0. The minimum Gasteiger partial charge on any atom is -0.468 e. The molecule has 0 bridgehead atoms. The summed E-state index contributed by atoms with van der Waals surface area (Å²) in [7, 11) is 1.18. The molecule has 2 atom stereocenters. The number of rotatable bonds is 7. The number of ether oxygens (including phenoxy) is 2. The molecule has 11 nitrogen and oxygen atoms in total. The number of hydrogen-bond acceptors (Lipinski definition) is 9. The van der Waals surface area contributed by atoms with E-state index in [9.17, 15) is 29.3 Å². The molecule has 190 valence electrons. The predicted molar refractivity (Wildman–Crippen MR) is 130 cm³/mol. The second-order valence-corrected chi connectivity index (χ2v) is 8.49. The molecule has 0 spiro atoms. The Balaban J connectivity index is 1.63. The van der Waals surface area contributed by atoms with E-state index in [4.69, 9.17) is 9.47 Å². The molecule has 37 heavy (non-hydrogen) atoms. The van der Waals surface area contributed by atoms with Gasteiger partial charge in [-0.1, -0.05) is 30.3 Å². The SMILES string of the molecule is COC(=O)C1C(C)=NC(C)=C(C(=O)OCCN2C(=O)c3ccccc3C2=O)C1c1ccccc1[N+](=O)[O-]. The van der Waals surface area contributed by atoms with Crippen LogP contribution in [-0.2, 0) is 19.1 Å². The number of para-hydroxylation sites is 1. The van der Waals surface area contributed by atoms with Crippen molar-refractivity contribution in [1.29, 1.82) is 0 Å². The number of carbonyl (C=O) groups is 4. The highest BCUT2D eigenvalue weighted by Gasteiger charge is 2.45. The van der Waals surface area contributed by atoms with Crippen molar-refractivity contribution in [2.45, 2.75) is 19.8 Å². The van der Waals surface area contributed by atoms with Crippen LogP contribution in [0, 0.1) is 16.0 Å². The van der Waals surface area contributed by atoms with Crippen LogP contribution < -0.4 is 0 Å². The zero-order valence-electron chi connectivity index (χ0n) is 20.3. The van der Waals surface area contributed by atoms with Crippen LogP contribution in [0.3, 0.4) is 0 Å². The van der Waals surface area contributed by atoms with Gasteiger partial charge in [-0.3, -0.25) is 34.4 Å². The fourth-order valence-electron chi connectivity index (χ4n) is 4.74. The second-order valence-electron chi connectivity index (χ2n) is 8.49. The molecule has 11 heteroatoms. The van der Waals surface area contributed by atoms with Gasteiger partial charge in [0.15, 0.2) is 0 Å². The zero-order chi connectivity index (χ0) is 26.9. The number of amides is 2. The Morgan fingerprint density at radius 2 is 1.62 bits per heavy atom. The molecule has 2 unspecified atom stereocenters. The van der Waals surface area contributed by atoms with E-state index in [1.165, 1.54) is 25.3 Å². The lowest BCUT2D eigenvalue weighted by Gasteiger charge is -2.31. The lowest BCUT2D eigenvalue weighted by Crippen LogP contribution is -2.37. The topological polar surface area (TPSA) is 145 Å². The molecule has 4 rings (SSSR count). The van der Waals surface area contributed by atoms with Crippen LogP contribution in [0.5, 0.6) is 0 Å². The highest BCUT2D eigenvalue weighted by Crippen LogP contribution is 2.43. The number of esters is 2. The van der Waals surface area contributed by atoms with Gasteiger partial charge in [0.2, 0.25) is 0 Å². The van der Waals surface area contributed by atoms with Gasteiger partial charge in [-0.25, -0.2) is 4.79 Å². The van der Waals surface area contributed by atoms with Crippen LogP contribution in [0.2, 0.25) is 0 Å². The number of benzene rings is 2. The Kier molecular flexibility index (Phi) is 6.96. The molecule has 2 heterocycles. The van der Waals surface area contributed by atoms with E-state index in [1.807, 2.05) is 0 Å². The van der Waals surface area contributed by atoms with Gasteiger partial charge in [0, 0.05) is 29.0 Å². The smallest absolute Gasteiger partial charge is 0.336 e. The fraction of sp³-hybridized carbons (Fsp3) is 0.269. The molecule has 0 aliphatic carbocycles. The van der Waals surface area contributed by atoms with E-state index in [0.717, 1.165) is 4.90 Å². The van der Waals surface area contributed by atoms with Crippen molar-refractivity contribution in [3.63, 3.8) is 0 Å². The normalized spacial score (nSPS) is 18.9. The first-order valence-electron chi connectivity index (χ1n) is 11.4. The lowest BCUT2D eigenvalue weighted by atomic mass is 9.75. The van der Waals surface area contributed by atoms with Crippen molar-refractivity contribution in [2.75, 3.05) is 20.3 Å². The van der Waals surface area contributed by atoms with Crippen molar-refractivity contribution in [3.05, 3.63) is 86.6 Å². The number of nitro groups is 1. The van der Waals surface area contributed by atoms with E-state index in [2.05, 4.69) is 4.99 Å². The largest absolute Gasteiger partial charge is 0.468 e. The van der Waals surface area contributed by atoms with E-state index in [-0.39, 0.29) is 46.8 Å². The maximum Gasteiger partial charge on any atom is 0.336 e. The standard InChI is InChI=1S/C26H23N3O8/c1-14-20(25(32)36-3)22(18-10-6-7-11-19(18)29(34)35)21(15(2)27-14)26(33)37-13-12-28-23(30)16-8-4-5-9-17(16)24(28)31/h4-11,20,22H,12-13H2,1-3H3. The molecule has 0 fully saturated rings. The fourth-order valence-corrected chi connectivity index (χ4v) is 4.74. The molecule has 0 radical (unpaired) electrons. The maximum atomic E-state index is 13.3. The minimum atomic E-state index is -1.10. The molecular formula is C26H23N3O8. The molecule has 2 amide bonds. The molecule has 2 aliphatic heterocycles. The summed E-state index contributed by atoms with van der Waals surface area (Å²) in [6, 6.07) is 12.2. The molecule has 2 aromatic rings. The molecule has 0 aromatic heterocycles.